The van der Waals surface area contributed by atoms with E-state index < -0.39 is 16.6 Å². The minimum absolute atomic E-state index is 0.0297. The summed E-state index contributed by atoms with van der Waals surface area (Å²) in [6.07, 6.45) is 0. The molecule has 1 aromatic carbocycles. The number of aliphatic imine (C=N–C) groups is 1. The maximum absolute atomic E-state index is 12.2. The highest BCUT2D eigenvalue weighted by Crippen LogP contribution is 2.15. The first kappa shape index (κ1) is 22.1. The van der Waals surface area contributed by atoms with Gasteiger partial charge in [0.25, 0.3) is 0 Å². The van der Waals surface area contributed by atoms with Crippen LogP contribution in [-0.2, 0) is 16.6 Å². The molecule has 0 aliphatic heterocycles. The summed E-state index contributed by atoms with van der Waals surface area (Å²) in [6.45, 7) is 2.33. The first-order valence-corrected chi connectivity index (χ1v) is 9.93. The van der Waals surface area contributed by atoms with Gasteiger partial charge in [-0.15, -0.1) is 0 Å². The van der Waals surface area contributed by atoms with Gasteiger partial charge < -0.3 is 15.0 Å². The topological polar surface area (TPSA) is 83.0 Å². The zero-order valence-electron chi connectivity index (χ0n) is 15.2. The predicted octanol–water partition coefficient (Wildman–Crippen LogP) is 1.62. The van der Waals surface area contributed by atoms with E-state index in [1.54, 1.807) is 19.1 Å². The van der Waals surface area contributed by atoms with E-state index in [1.165, 1.54) is 12.1 Å². The number of hydrogen-bond donors (Lipinski definition) is 2. The van der Waals surface area contributed by atoms with Gasteiger partial charge >= 0.3 is 6.61 Å². The van der Waals surface area contributed by atoms with Crippen LogP contribution in [0.1, 0.15) is 19.4 Å². The number of rotatable bonds is 10. The lowest BCUT2D eigenvalue weighted by atomic mass is 10.2. The van der Waals surface area contributed by atoms with E-state index in [0.29, 0.717) is 25.6 Å². The number of hydrogen-bond acceptors (Lipinski definition) is 4. The van der Waals surface area contributed by atoms with Gasteiger partial charge in [-0.2, -0.15) is 8.78 Å². The molecule has 0 aromatic heterocycles. The summed E-state index contributed by atoms with van der Waals surface area (Å²) < 4.78 is 53.9. The molecule has 26 heavy (non-hydrogen) atoms. The molecule has 0 saturated carbocycles. The Morgan fingerprint density at radius 3 is 2.46 bits per heavy atom. The molecule has 1 aromatic rings. The molecule has 0 amide bonds. The van der Waals surface area contributed by atoms with Gasteiger partial charge in [-0.05, 0) is 31.5 Å². The largest absolute Gasteiger partial charge is 0.435 e. The van der Waals surface area contributed by atoms with Gasteiger partial charge in [0, 0.05) is 26.7 Å². The number of nitrogens with zero attached hydrogens (tertiary/aromatic N) is 2. The zero-order chi connectivity index (χ0) is 19.6. The van der Waals surface area contributed by atoms with Crippen molar-refractivity contribution < 1.29 is 21.9 Å². The first-order valence-electron chi connectivity index (χ1n) is 8.28. The Morgan fingerprint density at radius 2 is 1.92 bits per heavy atom. The average molecular weight is 392 g/mol. The van der Waals surface area contributed by atoms with Crippen molar-refractivity contribution in [2.75, 3.05) is 32.4 Å². The SMILES string of the molecule is CCNC(=NCCNS(=O)(=O)CC)N(C)Cc1ccc(OC(F)F)cc1. The van der Waals surface area contributed by atoms with Gasteiger partial charge in [0.1, 0.15) is 5.75 Å². The van der Waals surface area contributed by atoms with Crippen LogP contribution in [0.15, 0.2) is 29.3 Å². The van der Waals surface area contributed by atoms with Gasteiger partial charge in [0.05, 0.1) is 12.3 Å². The Labute approximate surface area is 153 Å². The van der Waals surface area contributed by atoms with Gasteiger partial charge in [-0.1, -0.05) is 12.1 Å². The highest BCUT2D eigenvalue weighted by Gasteiger charge is 2.09. The van der Waals surface area contributed by atoms with Crippen molar-refractivity contribution in [3.8, 4) is 5.75 Å². The molecule has 0 spiro atoms. The third kappa shape index (κ3) is 8.43. The minimum atomic E-state index is -3.23. The van der Waals surface area contributed by atoms with E-state index in [4.69, 9.17) is 0 Å². The molecule has 0 fully saturated rings. The number of sulfonamides is 1. The summed E-state index contributed by atoms with van der Waals surface area (Å²) in [5, 5.41) is 3.13. The lowest BCUT2D eigenvalue weighted by Crippen LogP contribution is -2.39. The summed E-state index contributed by atoms with van der Waals surface area (Å²) in [5.74, 6) is 0.758. The normalized spacial score (nSPS) is 12.3. The number of alkyl halides is 2. The van der Waals surface area contributed by atoms with Crippen LogP contribution in [0.2, 0.25) is 0 Å². The molecule has 10 heteroatoms. The second-order valence-electron chi connectivity index (χ2n) is 5.41. The molecule has 0 unspecified atom stereocenters. The standard InChI is InChI=1S/C16H26F2N4O3S/c1-4-19-16(20-10-11-21-26(23,24)5-2)22(3)12-13-6-8-14(9-7-13)25-15(17)18/h6-9,15,21H,4-5,10-12H2,1-3H3,(H,19,20). The molecule has 0 aliphatic rings. The summed E-state index contributed by atoms with van der Waals surface area (Å²) in [5.41, 5.74) is 0.895. The maximum atomic E-state index is 12.2. The van der Waals surface area contributed by atoms with Crippen molar-refractivity contribution in [2.45, 2.75) is 27.0 Å². The Hall–Kier alpha value is -1.94. The molecule has 1 rings (SSSR count). The summed E-state index contributed by atoms with van der Waals surface area (Å²) >= 11 is 0. The Morgan fingerprint density at radius 1 is 1.27 bits per heavy atom. The second kappa shape index (κ2) is 10.9. The van der Waals surface area contributed by atoms with E-state index in [2.05, 4.69) is 19.8 Å². The molecule has 0 atom stereocenters. The van der Waals surface area contributed by atoms with Crippen molar-refractivity contribution in [2.24, 2.45) is 4.99 Å². The van der Waals surface area contributed by atoms with Crippen LogP contribution in [0.25, 0.3) is 0 Å². The molecule has 0 heterocycles. The van der Waals surface area contributed by atoms with Crippen molar-refractivity contribution in [3.05, 3.63) is 29.8 Å². The number of benzene rings is 1. The van der Waals surface area contributed by atoms with E-state index >= 15 is 0 Å². The van der Waals surface area contributed by atoms with Crippen LogP contribution < -0.4 is 14.8 Å². The monoisotopic (exact) mass is 392 g/mol. The first-order chi connectivity index (χ1) is 12.3. The maximum Gasteiger partial charge on any atom is 0.387 e. The third-order valence-corrected chi connectivity index (χ3v) is 4.74. The van der Waals surface area contributed by atoms with Crippen LogP contribution in [0.5, 0.6) is 5.75 Å². The molecule has 0 radical (unpaired) electrons. The van der Waals surface area contributed by atoms with Crippen LogP contribution >= 0.6 is 0 Å². The van der Waals surface area contributed by atoms with Gasteiger partial charge in [-0.3, -0.25) is 4.99 Å². The Balaban J connectivity index is 2.63. The number of halogens is 2. The van der Waals surface area contributed by atoms with E-state index in [0.717, 1.165) is 5.56 Å². The molecular formula is C16H26F2N4O3S. The highest BCUT2D eigenvalue weighted by atomic mass is 32.2. The van der Waals surface area contributed by atoms with Crippen molar-refractivity contribution in [1.29, 1.82) is 0 Å². The van der Waals surface area contributed by atoms with E-state index in [9.17, 15) is 17.2 Å². The fourth-order valence-corrected chi connectivity index (χ4v) is 2.67. The lowest BCUT2D eigenvalue weighted by Gasteiger charge is -2.22. The third-order valence-electron chi connectivity index (χ3n) is 3.34. The van der Waals surface area contributed by atoms with Crippen LogP contribution in [0.4, 0.5) is 8.78 Å². The molecule has 0 aliphatic carbocycles. The molecule has 0 bridgehead atoms. The smallest absolute Gasteiger partial charge is 0.387 e. The number of nitrogens with one attached hydrogen (secondary N) is 2. The lowest BCUT2D eigenvalue weighted by molar-refractivity contribution is -0.0498. The summed E-state index contributed by atoms with van der Waals surface area (Å²) in [7, 11) is -1.40. The van der Waals surface area contributed by atoms with E-state index in [1.807, 2.05) is 18.9 Å². The molecule has 148 valence electrons. The number of guanidine groups is 1. The van der Waals surface area contributed by atoms with Crippen molar-refractivity contribution in [3.63, 3.8) is 0 Å². The fourth-order valence-electron chi connectivity index (χ4n) is 2.06. The van der Waals surface area contributed by atoms with Gasteiger partial charge in [0.2, 0.25) is 10.0 Å². The molecular weight excluding hydrogens is 366 g/mol. The van der Waals surface area contributed by atoms with Crippen LogP contribution in [-0.4, -0.2) is 58.3 Å². The average Bonchev–Trinajstić information content (AvgIpc) is 2.59. The summed E-state index contributed by atoms with van der Waals surface area (Å²) in [4.78, 5) is 6.25. The number of ether oxygens (including phenoxy) is 1. The van der Waals surface area contributed by atoms with E-state index in [-0.39, 0.29) is 18.0 Å². The minimum Gasteiger partial charge on any atom is -0.435 e. The van der Waals surface area contributed by atoms with Crippen molar-refractivity contribution >= 4 is 16.0 Å². The highest BCUT2D eigenvalue weighted by molar-refractivity contribution is 7.89. The fraction of sp³-hybridized carbons (Fsp3) is 0.562. The summed E-state index contributed by atoms with van der Waals surface area (Å²) in [6, 6.07) is 6.37. The van der Waals surface area contributed by atoms with Crippen molar-refractivity contribution in [1.82, 2.24) is 14.9 Å². The molecule has 7 nitrogen and oxygen atoms in total. The Bertz CT molecular complexity index is 667. The van der Waals surface area contributed by atoms with Crippen LogP contribution in [0.3, 0.4) is 0 Å². The quantitative estimate of drug-likeness (QED) is 0.359. The van der Waals surface area contributed by atoms with Crippen LogP contribution in [0, 0.1) is 0 Å². The Kier molecular flexibility index (Phi) is 9.28. The second-order valence-corrected chi connectivity index (χ2v) is 7.51. The molecule has 2 N–H and O–H groups in total. The zero-order valence-corrected chi connectivity index (χ0v) is 16.0. The predicted molar refractivity (Wildman–Crippen MR) is 98.0 cm³/mol. The van der Waals surface area contributed by atoms with Gasteiger partial charge in [-0.25, -0.2) is 13.1 Å². The van der Waals surface area contributed by atoms with Gasteiger partial charge in [0.15, 0.2) is 5.96 Å². The molecule has 0 saturated heterocycles.